The molecule has 29 heavy (non-hydrogen) atoms. The molecule has 9 heteroatoms. The van der Waals surface area contributed by atoms with Gasteiger partial charge in [0.2, 0.25) is 5.95 Å². The van der Waals surface area contributed by atoms with E-state index in [4.69, 9.17) is 0 Å². The van der Waals surface area contributed by atoms with Crippen molar-refractivity contribution in [3.63, 3.8) is 0 Å². The number of aryl methyl sites for hydroxylation is 1. The van der Waals surface area contributed by atoms with Crippen molar-refractivity contribution >= 4 is 23.4 Å². The Balaban J connectivity index is 1.47. The average Bonchev–Trinajstić information content (AvgIpc) is 2.75. The molecule has 1 aliphatic heterocycles. The quantitative estimate of drug-likeness (QED) is 0.728. The summed E-state index contributed by atoms with van der Waals surface area (Å²) in [6, 6.07) is 9.45. The zero-order valence-electron chi connectivity index (χ0n) is 15.9. The second kappa shape index (κ2) is 8.17. The average molecular weight is 393 g/mol. The first-order valence-electron chi connectivity index (χ1n) is 9.28. The summed E-state index contributed by atoms with van der Waals surface area (Å²) in [6.07, 6.45) is 3.45. The van der Waals surface area contributed by atoms with Gasteiger partial charge in [0.15, 0.2) is 0 Å². The van der Waals surface area contributed by atoms with Gasteiger partial charge in [0.1, 0.15) is 23.2 Å². The Morgan fingerprint density at radius 3 is 2.41 bits per heavy atom. The van der Waals surface area contributed by atoms with Crippen LogP contribution >= 0.6 is 0 Å². The second-order valence-corrected chi connectivity index (χ2v) is 6.62. The number of aromatic nitrogens is 4. The maximum absolute atomic E-state index is 13.8. The van der Waals surface area contributed by atoms with Gasteiger partial charge in [-0.3, -0.25) is 4.79 Å². The molecule has 0 bridgehead atoms. The lowest BCUT2D eigenvalue weighted by atomic mass is 10.2. The summed E-state index contributed by atoms with van der Waals surface area (Å²) >= 11 is 0. The van der Waals surface area contributed by atoms with E-state index < -0.39 is 11.7 Å². The van der Waals surface area contributed by atoms with Crippen molar-refractivity contribution in [2.45, 2.75) is 6.92 Å². The first kappa shape index (κ1) is 18.7. The number of amides is 1. The van der Waals surface area contributed by atoms with E-state index in [0.717, 1.165) is 13.1 Å². The Morgan fingerprint density at radius 1 is 1.00 bits per heavy atom. The van der Waals surface area contributed by atoms with Crippen LogP contribution in [0.1, 0.15) is 16.3 Å². The van der Waals surface area contributed by atoms with Crippen molar-refractivity contribution in [1.29, 1.82) is 0 Å². The third-order valence-electron chi connectivity index (χ3n) is 4.62. The highest BCUT2D eigenvalue weighted by atomic mass is 19.1. The predicted molar refractivity (Wildman–Crippen MR) is 108 cm³/mol. The molecule has 1 aromatic carbocycles. The van der Waals surface area contributed by atoms with Crippen molar-refractivity contribution < 1.29 is 9.18 Å². The van der Waals surface area contributed by atoms with Crippen LogP contribution in [0, 0.1) is 12.7 Å². The van der Waals surface area contributed by atoms with E-state index in [2.05, 4.69) is 35.1 Å². The van der Waals surface area contributed by atoms with E-state index in [1.807, 2.05) is 0 Å². The fourth-order valence-corrected chi connectivity index (χ4v) is 3.17. The molecule has 0 atom stereocenters. The number of rotatable bonds is 4. The topological polar surface area (TPSA) is 87.1 Å². The first-order valence-corrected chi connectivity index (χ1v) is 9.28. The molecule has 4 rings (SSSR count). The van der Waals surface area contributed by atoms with E-state index >= 15 is 0 Å². The van der Waals surface area contributed by atoms with E-state index in [9.17, 15) is 9.18 Å². The molecule has 1 amide bonds. The van der Waals surface area contributed by atoms with Crippen LogP contribution in [0.3, 0.4) is 0 Å². The number of nitrogens with one attached hydrogen (secondary N) is 1. The minimum absolute atomic E-state index is 0.117. The summed E-state index contributed by atoms with van der Waals surface area (Å²) < 4.78 is 13.8. The fourth-order valence-electron chi connectivity index (χ4n) is 3.17. The predicted octanol–water partition coefficient (Wildman–Crippen LogP) is 2.29. The molecule has 8 nitrogen and oxygen atoms in total. The van der Waals surface area contributed by atoms with Crippen molar-refractivity contribution in [2.75, 3.05) is 41.3 Å². The zero-order chi connectivity index (χ0) is 20.2. The maximum atomic E-state index is 13.8. The normalized spacial score (nSPS) is 14.0. The molecule has 1 fully saturated rings. The molecule has 1 saturated heterocycles. The molecule has 0 saturated carbocycles. The van der Waals surface area contributed by atoms with Gasteiger partial charge in [-0.1, -0.05) is 12.1 Å². The highest BCUT2D eigenvalue weighted by Crippen LogP contribution is 2.19. The number of hydrogen-bond acceptors (Lipinski definition) is 7. The number of para-hydroxylation sites is 1. The van der Waals surface area contributed by atoms with Crippen LogP contribution in [0.4, 0.5) is 21.8 Å². The standard InChI is InChI=1S/C20H20FN7O/c1-14-24-17(19(29)26-16-6-3-2-5-15(16)21)13-18(25-14)27-9-11-28(12-10-27)20-22-7-4-8-23-20/h2-8,13H,9-12H2,1H3,(H,26,29). The van der Waals surface area contributed by atoms with Gasteiger partial charge in [0, 0.05) is 44.6 Å². The molecular formula is C20H20FN7O. The summed E-state index contributed by atoms with van der Waals surface area (Å²) in [5, 5.41) is 2.56. The molecule has 2 aromatic heterocycles. The summed E-state index contributed by atoms with van der Waals surface area (Å²) in [4.78, 5) is 34.0. The van der Waals surface area contributed by atoms with Crippen LogP contribution in [0.15, 0.2) is 48.8 Å². The van der Waals surface area contributed by atoms with Gasteiger partial charge in [0.25, 0.3) is 5.91 Å². The Kier molecular flexibility index (Phi) is 5.28. The third kappa shape index (κ3) is 4.29. The molecule has 0 radical (unpaired) electrons. The largest absolute Gasteiger partial charge is 0.353 e. The second-order valence-electron chi connectivity index (χ2n) is 6.62. The molecule has 1 aliphatic rings. The summed E-state index contributed by atoms with van der Waals surface area (Å²) in [5.74, 6) is 0.889. The van der Waals surface area contributed by atoms with Crippen LogP contribution in [-0.4, -0.2) is 52.0 Å². The number of carbonyl (C=O) groups is 1. The van der Waals surface area contributed by atoms with Gasteiger partial charge < -0.3 is 15.1 Å². The Hall–Kier alpha value is -3.62. The molecular weight excluding hydrogens is 373 g/mol. The van der Waals surface area contributed by atoms with Gasteiger partial charge in [-0.15, -0.1) is 0 Å². The number of nitrogens with zero attached hydrogens (tertiary/aromatic N) is 6. The van der Waals surface area contributed by atoms with Gasteiger partial charge in [-0.25, -0.2) is 24.3 Å². The molecule has 3 heterocycles. The van der Waals surface area contributed by atoms with Gasteiger partial charge in [0.05, 0.1) is 5.69 Å². The van der Waals surface area contributed by atoms with Gasteiger partial charge >= 0.3 is 0 Å². The van der Waals surface area contributed by atoms with Crippen LogP contribution in [0.2, 0.25) is 0 Å². The van der Waals surface area contributed by atoms with Gasteiger partial charge in [-0.2, -0.15) is 0 Å². The Labute approximate surface area is 167 Å². The molecule has 148 valence electrons. The third-order valence-corrected chi connectivity index (χ3v) is 4.62. The summed E-state index contributed by atoms with van der Waals surface area (Å²) in [5.41, 5.74) is 0.316. The molecule has 3 aromatic rings. The van der Waals surface area contributed by atoms with Crippen LogP contribution < -0.4 is 15.1 Å². The fraction of sp³-hybridized carbons (Fsp3) is 0.250. The minimum Gasteiger partial charge on any atom is -0.353 e. The van der Waals surface area contributed by atoms with Crippen LogP contribution in [-0.2, 0) is 0 Å². The summed E-state index contributed by atoms with van der Waals surface area (Å²) in [7, 11) is 0. The van der Waals surface area contributed by atoms with Crippen LogP contribution in [0.5, 0.6) is 0 Å². The van der Waals surface area contributed by atoms with Gasteiger partial charge in [-0.05, 0) is 25.1 Å². The van der Waals surface area contributed by atoms with Crippen molar-refractivity contribution in [3.8, 4) is 0 Å². The minimum atomic E-state index is -0.494. The molecule has 0 aliphatic carbocycles. The number of carbonyl (C=O) groups excluding carboxylic acids is 1. The van der Waals surface area contributed by atoms with E-state index in [1.54, 1.807) is 43.6 Å². The highest BCUT2D eigenvalue weighted by Gasteiger charge is 2.21. The van der Waals surface area contributed by atoms with E-state index in [0.29, 0.717) is 30.7 Å². The monoisotopic (exact) mass is 393 g/mol. The Bertz CT molecular complexity index is 1010. The van der Waals surface area contributed by atoms with Crippen molar-refractivity contribution in [1.82, 2.24) is 19.9 Å². The lowest BCUT2D eigenvalue weighted by Crippen LogP contribution is -2.47. The Morgan fingerprint density at radius 2 is 1.69 bits per heavy atom. The number of anilines is 3. The lowest BCUT2D eigenvalue weighted by molar-refractivity contribution is 0.102. The molecule has 1 N–H and O–H groups in total. The molecule has 0 spiro atoms. The first-order chi connectivity index (χ1) is 14.1. The maximum Gasteiger partial charge on any atom is 0.274 e. The van der Waals surface area contributed by atoms with E-state index in [1.165, 1.54) is 12.1 Å². The van der Waals surface area contributed by atoms with Crippen LogP contribution in [0.25, 0.3) is 0 Å². The van der Waals surface area contributed by atoms with Crippen molar-refractivity contribution in [2.24, 2.45) is 0 Å². The number of benzene rings is 1. The number of piperazine rings is 1. The zero-order valence-corrected chi connectivity index (χ0v) is 15.9. The summed E-state index contributed by atoms with van der Waals surface area (Å²) in [6.45, 7) is 4.64. The van der Waals surface area contributed by atoms with E-state index in [-0.39, 0.29) is 11.4 Å². The SMILES string of the molecule is Cc1nc(C(=O)Nc2ccccc2F)cc(N2CCN(c3ncccn3)CC2)n1. The molecule has 0 unspecified atom stereocenters. The number of hydrogen-bond donors (Lipinski definition) is 1. The smallest absolute Gasteiger partial charge is 0.274 e. The lowest BCUT2D eigenvalue weighted by Gasteiger charge is -2.35. The highest BCUT2D eigenvalue weighted by molar-refractivity contribution is 6.03. The van der Waals surface area contributed by atoms with Crippen molar-refractivity contribution in [3.05, 3.63) is 66.1 Å². The number of halogens is 1.